The summed E-state index contributed by atoms with van der Waals surface area (Å²) < 4.78 is 2.19. The van der Waals surface area contributed by atoms with Gasteiger partial charge in [0.05, 0.1) is 12.0 Å². The summed E-state index contributed by atoms with van der Waals surface area (Å²) in [6, 6.07) is 0. The summed E-state index contributed by atoms with van der Waals surface area (Å²) >= 11 is 0. The van der Waals surface area contributed by atoms with Gasteiger partial charge in [-0.1, -0.05) is 19.8 Å². The van der Waals surface area contributed by atoms with E-state index in [1.807, 2.05) is 6.33 Å². The Morgan fingerprint density at radius 2 is 2.21 bits per heavy atom. The lowest BCUT2D eigenvalue weighted by molar-refractivity contribution is 0.281. The number of rotatable bonds is 3. The Morgan fingerprint density at radius 3 is 2.79 bits per heavy atom. The van der Waals surface area contributed by atoms with Gasteiger partial charge in [0, 0.05) is 19.3 Å². The zero-order valence-electron chi connectivity index (χ0n) is 8.87. The molecule has 1 aliphatic rings. The first kappa shape index (κ1) is 9.71. The lowest BCUT2D eigenvalue weighted by Crippen LogP contribution is -2.18. The fraction of sp³-hybridized carbons (Fsp3) is 0.727. The molecule has 3 nitrogen and oxygen atoms in total. The van der Waals surface area contributed by atoms with Crippen LogP contribution < -0.4 is 5.73 Å². The maximum absolute atomic E-state index is 5.53. The lowest BCUT2D eigenvalue weighted by Gasteiger charge is -2.23. The molecule has 0 atom stereocenters. The van der Waals surface area contributed by atoms with Crippen molar-refractivity contribution < 1.29 is 0 Å². The van der Waals surface area contributed by atoms with Gasteiger partial charge >= 0.3 is 0 Å². The van der Waals surface area contributed by atoms with Crippen molar-refractivity contribution in [3.05, 3.63) is 18.2 Å². The summed E-state index contributed by atoms with van der Waals surface area (Å²) in [5, 5.41) is 0. The Kier molecular flexibility index (Phi) is 2.59. The van der Waals surface area contributed by atoms with E-state index in [2.05, 4.69) is 22.7 Å². The minimum Gasteiger partial charge on any atom is -0.337 e. The molecule has 0 unspecified atom stereocenters. The van der Waals surface area contributed by atoms with Crippen LogP contribution in [-0.4, -0.2) is 9.55 Å². The van der Waals surface area contributed by atoms with Crippen LogP contribution in [0.15, 0.2) is 12.5 Å². The van der Waals surface area contributed by atoms with Crippen LogP contribution in [0.5, 0.6) is 0 Å². The van der Waals surface area contributed by atoms with Crippen molar-refractivity contribution in [2.24, 2.45) is 11.1 Å². The number of imidazole rings is 1. The largest absolute Gasteiger partial charge is 0.337 e. The van der Waals surface area contributed by atoms with Gasteiger partial charge in [0.25, 0.3) is 0 Å². The summed E-state index contributed by atoms with van der Waals surface area (Å²) in [6.45, 7) is 4.02. The third-order valence-corrected chi connectivity index (χ3v) is 3.27. The number of nitrogens with two attached hydrogens (primary N) is 1. The average Bonchev–Trinajstić information content (AvgIpc) is 2.75. The molecule has 0 spiro atoms. The van der Waals surface area contributed by atoms with E-state index in [9.17, 15) is 0 Å². The van der Waals surface area contributed by atoms with Crippen molar-refractivity contribution in [1.29, 1.82) is 0 Å². The van der Waals surface area contributed by atoms with Crippen LogP contribution in [0.2, 0.25) is 0 Å². The third kappa shape index (κ3) is 1.98. The van der Waals surface area contributed by atoms with Gasteiger partial charge in [0.2, 0.25) is 0 Å². The standard InChI is InChI=1S/C11H19N3/c1-11(4-2-3-5-11)8-14-7-10(6-12)13-9-14/h7,9H,2-6,8,12H2,1H3. The SMILES string of the molecule is CC1(Cn2cnc(CN)c2)CCCC1. The van der Waals surface area contributed by atoms with E-state index in [4.69, 9.17) is 5.73 Å². The normalized spacial score (nSPS) is 20.1. The molecule has 0 saturated heterocycles. The molecular weight excluding hydrogens is 174 g/mol. The molecule has 0 bridgehead atoms. The first-order valence-electron chi connectivity index (χ1n) is 5.43. The van der Waals surface area contributed by atoms with Crippen molar-refractivity contribution in [3.63, 3.8) is 0 Å². The number of aromatic nitrogens is 2. The van der Waals surface area contributed by atoms with Crippen molar-refractivity contribution in [3.8, 4) is 0 Å². The highest BCUT2D eigenvalue weighted by atomic mass is 15.0. The molecule has 1 aliphatic carbocycles. The van der Waals surface area contributed by atoms with Crippen LogP contribution >= 0.6 is 0 Å². The van der Waals surface area contributed by atoms with Gasteiger partial charge in [-0.15, -0.1) is 0 Å². The third-order valence-electron chi connectivity index (χ3n) is 3.27. The predicted molar refractivity (Wildman–Crippen MR) is 56.7 cm³/mol. The summed E-state index contributed by atoms with van der Waals surface area (Å²) in [5.41, 5.74) is 7.01. The van der Waals surface area contributed by atoms with Crippen molar-refractivity contribution in [1.82, 2.24) is 9.55 Å². The minimum atomic E-state index is 0.493. The highest BCUT2D eigenvalue weighted by Crippen LogP contribution is 2.38. The van der Waals surface area contributed by atoms with E-state index < -0.39 is 0 Å². The first-order valence-corrected chi connectivity index (χ1v) is 5.43. The van der Waals surface area contributed by atoms with Gasteiger partial charge in [-0.05, 0) is 18.3 Å². The van der Waals surface area contributed by atoms with E-state index in [0.29, 0.717) is 12.0 Å². The Bertz CT molecular complexity index is 297. The first-order chi connectivity index (χ1) is 6.72. The van der Waals surface area contributed by atoms with E-state index in [0.717, 1.165) is 12.2 Å². The second-order valence-electron chi connectivity index (χ2n) is 4.76. The number of hydrogen-bond acceptors (Lipinski definition) is 2. The van der Waals surface area contributed by atoms with E-state index in [1.54, 1.807) is 0 Å². The summed E-state index contributed by atoms with van der Waals surface area (Å²) in [6.07, 6.45) is 9.45. The highest BCUT2D eigenvalue weighted by molar-refractivity contribution is 4.96. The molecule has 78 valence electrons. The average molecular weight is 193 g/mol. The summed E-state index contributed by atoms with van der Waals surface area (Å²) in [7, 11) is 0. The van der Waals surface area contributed by atoms with Crippen LogP contribution in [0.25, 0.3) is 0 Å². The van der Waals surface area contributed by atoms with Gasteiger partial charge in [0.1, 0.15) is 0 Å². The second-order valence-corrected chi connectivity index (χ2v) is 4.76. The molecule has 3 heteroatoms. The lowest BCUT2D eigenvalue weighted by atomic mass is 9.89. The fourth-order valence-electron chi connectivity index (χ4n) is 2.43. The molecule has 2 N–H and O–H groups in total. The predicted octanol–water partition coefficient (Wildman–Crippen LogP) is 1.92. The molecule has 0 aromatic carbocycles. The summed E-state index contributed by atoms with van der Waals surface area (Å²) in [5.74, 6) is 0. The molecule has 1 saturated carbocycles. The zero-order chi connectivity index (χ0) is 10.0. The maximum Gasteiger partial charge on any atom is 0.0950 e. The molecule has 14 heavy (non-hydrogen) atoms. The van der Waals surface area contributed by atoms with Gasteiger partial charge in [0.15, 0.2) is 0 Å². The van der Waals surface area contributed by atoms with Gasteiger partial charge < -0.3 is 10.3 Å². The Hall–Kier alpha value is -0.830. The molecule has 0 radical (unpaired) electrons. The topological polar surface area (TPSA) is 43.8 Å². The monoisotopic (exact) mass is 193 g/mol. The zero-order valence-corrected chi connectivity index (χ0v) is 8.87. The summed E-state index contributed by atoms with van der Waals surface area (Å²) in [4.78, 5) is 4.25. The smallest absolute Gasteiger partial charge is 0.0950 e. The molecule has 0 amide bonds. The fourth-order valence-corrected chi connectivity index (χ4v) is 2.43. The molecule has 1 aromatic heterocycles. The van der Waals surface area contributed by atoms with Gasteiger partial charge in [-0.2, -0.15) is 0 Å². The molecule has 2 rings (SSSR count). The van der Waals surface area contributed by atoms with Crippen molar-refractivity contribution >= 4 is 0 Å². The van der Waals surface area contributed by atoms with Crippen molar-refractivity contribution in [2.75, 3.05) is 0 Å². The Morgan fingerprint density at radius 1 is 1.50 bits per heavy atom. The number of nitrogens with zero attached hydrogens (tertiary/aromatic N) is 2. The van der Waals surface area contributed by atoms with Crippen LogP contribution in [0.3, 0.4) is 0 Å². The maximum atomic E-state index is 5.53. The van der Waals surface area contributed by atoms with Crippen LogP contribution in [0.4, 0.5) is 0 Å². The molecule has 0 aliphatic heterocycles. The van der Waals surface area contributed by atoms with E-state index in [1.165, 1.54) is 25.7 Å². The molecular formula is C11H19N3. The van der Waals surface area contributed by atoms with E-state index in [-0.39, 0.29) is 0 Å². The molecule has 1 aromatic rings. The van der Waals surface area contributed by atoms with Gasteiger partial charge in [-0.3, -0.25) is 0 Å². The van der Waals surface area contributed by atoms with Crippen LogP contribution in [0, 0.1) is 5.41 Å². The van der Waals surface area contributed by atoms with Crippen LogP contribution in [-0.2, 0) is 13.1 Å². The quantitative estimate of drug-likeness (QED) is 0.797. The van der Waals surface area contributed by atoms with E-state index >= 15 is 0 Å². The minimum absolute atomic E-state index is 0.493. The van der Waals surface area contributed by atoms with Crippen molar-refractivity contribution in [2.45, 2.75) is 45.7 Å². The molecule has 1 heterocycles. The Balaban J connectivity index is 2.02. The highest BCUT2D eigenvalue weighted by Gasteiger charge is 2.28. The number of hydrogen-bond donors (Lipinski definition) is 1. The van der Waals surface area contributed by atoms with Gasteiger partial charge in [-0.25, -0.2) is 4.98 Å². The molecule has 1 fully saturated rings. The van der Waals surface area contributed by atoms with Crippen LogP contribution in [0.1, 0.15) is 38.3 Å². The second kappa shape index (κ2) is 3.73. The Labute approximate surface area is 85.3 Å².